The molecule has 16 heavy (non-hydrogen) atoms. The Labute approximate surface area is 93.6 Å². The van der Waals surface area contributed by atoms with E-state index in [1.165, 1.54) is 0 Å². The van der Waals surface area contributed by atoms with Crippen LogP contribution >= 0.6 is 0 Å². The third-order valence-electron chi connectivity index (χ3n) is 2.36. The SMILES string of the molecule is COc1ccc(OC)c(-n2cnnc2C)c1. The van der Waals surface area contributed by atoms with Gasteiger partial charge in [-0.2, -0.15) is 0 Å². The summed E-state index contributed by atoms with van der Waals surface area (Å²) >= 11 is 0. The number of rotatable bonds is 3. The van der Waals surface area contributed by atoms with Gasteiger partial charge in [-0.1, -0.05) is 0 Å². The van der Waals surface area contributed by atoms with Crippen LogP contribution in [-0.2, 0) is 0 Å². The normalized spacial score (nSPS) is 10.2. The first-order valence-electron chi connectivity index (χ1n) is 4.85. The van der Waals surface area contributed by atoms with Crippen molar-refractivity contribution in [2.24, 2.45) is 0 Å². The predicted octanol–water partition coefficient (Wildman–Crippen LogP) is 1.59. The minimum atomic E-state index is 0.753. The molecule has 0 aliphatic heterocycles. The summed E-state index contributed by atoms with van der Waals surface area (Å²) in [5.41, 5.74) is 0.865. The van der Waals surface area contributed by atoms with Gasteiger partial charge in [-0.05, 0) is 19.1 Å². The van der Waals surface area contributed by atoms with Gasteiger partial charge in [0.15, 0.2) is 0 Å². The van der Waals surface area contributed by atoms with E-state index in [4.69, 9.17) is 9.47 Å². The Hall–Kier alpha value is -2.04. The summed E-state index contributed by atoms with van der Waals surface area (Å²) < 4.78 is 12.3. The minimum absolute atomic E-state index is 0.753. The first kappa shape index (κ1) is 10.5. The number of aromatic nitrogens is 3. The van der Waals surface area contributed by atoms with Crippen LogP contribution in [0, 0.1) is 6.92 Å². The Bertz CT molecular complexity index is 494. The van der Waals surface area contributed by atoms with E-state index in [0.29, 0.717) is 0 Å². The molecule has 0 unspecified atom stereocenters. The second-order valence-electron chi connectivity index (χ2n) is 3.29. The molecule has 0 spiro atoms. The smallest absolute Gasteiger partial charge is 0.143 e. The van der Waals surface area contributed by atoms with Crippen molar-refractivity contribution in [1.29, 1.82) is 0 Å². The first-order chi connectivity index (χ1) is 7.76. The summed E-state index contributed by atoms with van der Waals surface area (Å²) in [6, 6.07) is 5.59. The summed E-state index contributed by atoms with van der Waals surface area (Å²) in [7, 11) is 3.26. The fraction of sp³-hybridized carbons (Fsp3) is 0.273. The highest BCUT2D eigenvalue weighted by molar-refractivity contribution is 5.51. The van der Waals surface area contributed by atoms with Crippen LogP contribution < -0.4 is 9.47 Å². The Kier molecular flexibility index (Phi) is 2.76. The monoisotopic (exact) mass is 219 g/mol. The maximum absolute atomic E-state index is 5.29. The zero-order valence-corrected chi connectivity index (χ0v) is 9.47. The third-order valence-corrected chi connectivity index (χ3v) is 2.36. The Morgan fingerprint density at radius 2 is 2.00 bits per heavy atom. The average Bonchev–Trinajstić information content (AvgIpc) is 2.74. The standard InChI is InChI=1S/C11H13N3O2/c1-8-13-12-7-14(8)10-6-9(15-2)4-5-11(10)16-3/h4-7H,1-3H3. The van der Waals surface area contributed by atoms with Crippen molar-refractivity contribution in [3.05, 3.63) is 30.4 Å². The van der Waals surface area contributed by atoms with Crippen LogP contribution in [0.1, 0.15) is 5.82 Å². The highest BCUT2D eigenvalue weighted by atomic mass is 16.5. The topological polar surface area (TPSA) is 49.2 Å². The molecule has 2 rings (SSSR count). The molecular formula is C11H13N3O2. The van der Waals surface area contributed by atoms with Gasteiger partial charge in [0.2, 0.25) is 0 Å². The number of benzene rings is 1. The Balaban J connectivity index is 2.57. The maximum Gasteiger partial charge on any atom is 0.143 e. The summed E-state index contributed by atoms with van der Waals surface area (Å²) in [4.78, 5) is 0. The Morgan fingerprint density at radius 3 is 2.56 bits per heavy atom. The molecule has 84 valence electrons. The van der Waals surface area contributed by atoms with Gasteiger partial charge >= 0.3 is 0 Å². The third kappa shape index (κ3) is 1.71. The summed E-state index contributed by atoms with van der Waals surface area (Å²) in [5.74, 6) is 2.32. The van der Waals surface area contributed by atoms with Crippen molar-refractivity contribution in [2.75, 3.05) is 14.2 Å². The number of aryl methyl sites for hydroxylation is 1. The molecular weight excluding hydrogens is 206 g/mol. The van der Waals surface area contributed by atoms with Crippen molar-refractivity contribution < 1.29 is 9.47 Å². The number of ether oxygens (including phenoxy) is 2. The van der Waals surface area contributed by atoms with Crippen LogP contribution in [-0.4, -0.2) is 29.0 Å². The quantitative estimate of drug-likeness (QED) is 0.786. The molecule has 0 atom stereocenters. The molecule has 0 bridgehead atoms. The lowest BCUT2D eigenvalue weighted by atomic mass is 10.2. The van der Waals surface area contributed by atoms with Gasteiger partial charge in [0, 0.05) is 6.07 Å². The molecule has 0 aliphatic carbocycles. The molecule has 1 heterocycles. The van der Waals surface area contributed by atoms with Crippen molar-refractivity contribution in [2.45, 2.75) is 6.92 Å². The largest absolute Gasteiger partial charge is 0.497 e. The van der Waals surface area contributed by atoms with E-state index in [9.17, 15) is 0 Å². The highest BCUT2D eigenvalue weighted by Crippen LogP contribution is 2.27. The van der Waals surface area contributed by atoms with Crippen LogP contribution in [0.25, 0.3) is 5.69 Å². The van der Waals surface area contributed by atoms with E-state index < -0.39 is 0 Å². The molecule has 0 fully saturated rings. The van der Waals surface area contributed by atoms with Crippen molar-refractivity contribution in [3.8, 4) is 17.2 Å². The fourth-order valence-electron chi connectivity index (χ4n) is 1.51. The molecule has 0 amide bonds. The lowest BCUT2D eigenvalue weighted by Gasteiger charge is -2.11. The summed E-state index contributed by atoms with van der Waals surface area (Å²) in [6.07, 6.45) is 1.65. The number of hydrogen-bond acceptors (Lipinski definition) is 4. The molecule has 2 aromatic rings. The fourth-order valence-corrected chi connectivity index (χ4v) is 1.51. The van der Waals surface area contributed by atoms with Gasteiger partial charge in [-0.25, -0.2) is 0 Å². The average molecular weight is 219 g/mol. The van der Waals surface area contributed by atoms with Crippen LogP contribution in [0.4, 0.5) is 0 Å². The molecule has 1 aromatic carbocycles. The maximum atomic E-state index is 5.29. The van der Waals surface area contributed by atoms with Crippen molar-refractivity contribution >= 4 is 0 Å². The van der Waals surface area contributed by atoms with E-state index in [0.717, 1.165) is 23.0 Å². The van der Waals surface area contributed by atoms with Crippen LogP contribution in [0.15, 0.2) is 24.5 Å². The molecule has 5 nitrogen and oxygen atoms in total. The number of nitrogens with zero attached hydrogens (tertiary/aromatic N) is 3. The van der Waals surface area contributed by atoms with Crippen LogP contribution in [0.3, 0.4) is 0 Å². The summed E-state index contributed by atoms with van der Waals surface area (Å²) in [5, 5.41) is 7.79. The lowest BCUT2D eigenvalue weighted by molar-refractivity contribution is 0.401. The molecule has 5 heteroatoms. The van der Waals surface area contributed by atoms with Crippen LogP contribution in [0.5, 0.6) is 11.5 Å². The number of methoxy groups -OCH3 is 2. The van der Waals surface area contributed by atoms with Crippen molar-refractivity contribution in [1.82, 2.24) is 14.8 Å². The van der Waals surface area contributed by atoms with E-state index >= 15 is 0 Å². The first-order valence-corrected chi connectivity index (χ1v) is 4.85. The molecule has 1 aromatic heterocycles. The lowest BCUT2D eigenvalue weighted by Crippen LogP contribution is -1.99. The van der Waals surface area contributed by atoms with Gasteiger partial charge < -0.3 is 9.47 Å². The minimum Gasteiger partial charge on any atom is -0.497 e. The zero-order chi connectivity index (χ0) is 11.5. The van der Waals surface area contributed by atoms with Crippen molar-refractivity contribution in [3.63, 3.8) is 0 Å². The number of hydrogen-bond donors (Lipinski definition) is 0. The zero-order valence-electron chi connectivity index (χ0n) is 9.47. The van der Waals surface area contributed by atoms with Gasteiger partial charge in [0.25, 0.3) is 0 Å². The van der Waals surface area contributed by atoms with Gasteiger partial charge in [0.1, 0.15) is 23.7 Å². The molecule has 0 radical (unpaired) electrons. The molecule has 0 saturated carbocycles. The second-order valence-corrected chi connectivity index (χ2v) is 3.29. The molecule has 0 aliphatic rings. The van der Waals surface area contributed by atoms with E-state index in [2.05, 4.69) is 10.2 Å². The van der Waals surface area contributed by atoms with E-state index in [1.807, 2.05) is 29.7 Å². The Morgan fingerprint density at radius 1 is 1.19 bits per heavy atom. The van der Waals surface area contributed by atoms with Crippen LogP contribution in [0.2, 0.25) is 0 Å². The molecule has 0 saturated heterocycles. The molecule has 0 N–H and O–H groups in total. The second kappa shape index (κ2) is 4.22. The summed E-state index contributed by atoms with van der Waals surface area (Å²) in [6.45, 7) is 1.88. The van der Waals surface area contributed by atoms with Gasteiger partial charge in [-0.3, -0.25) is 4.57 Å². The predicted molar refractivity (Wildman–Crippen MR) is 59.2 cm³/mol. The van der Waals surface area contributed by atoms with E-state index in [-0.39, 0.29) is 0 Å². The van der Waals surface area contributed by atoms with E-state index in [1.54, 1.807) is 20.5 Å². The van der Waals surface area contributed by atoms with Gasteiger partial charge in [-0.15, -0.1) is 10.2 Å². The van der Waals surface area contributed by atoms with Gasteiger partial charge in [0.05, 0.1) is 19.9 Å². The highest BCUT2D eigenvalue weighted by Gasteiger charge is 2.09.